The molecule has 5 nitrogen and oxygen atoms in total. The number of nitrogens with one attached hydrogen (secondary N) is 1. The number of anilines is 1. The van der Waals surface area contributed by atoms with Crippen LogP contribution in [-0.2, 0) is 4.79 Å². The fraction of sp³-hybridized carbons (Fsp3) is 0.130. The van der Waals surface area contributed by atoms with Gasteiger partial charge in [0, 0.05) is 17.3 Å². The van der Waals surface area contributed by atoms with Crippen LogP contribution in [0.1, 0.15) is 18.1 Å². The highest BCUT2D eigenvalue weighted by Gasteiger charge is 2.24. The largest absolute Gasteiger partial charge is 0.496 e. The minimum Gasteiger partial charge on any atom is -0.496 e. The smallest absolute Gasteiger partial charge is 0.257 e. The van der Waals surface area contributed by atoms with Crippen molar-refractivity contribution in [2.75, 3.05) is 19.0 Å². The lowest BCUT2D eigenvalue weighted by Gasteiger charge is -2.12. The summed E-state index contributed by atoms with van der Waals surface area (Å²) in [6, 6.07) is 17.5. The number of carbonyl (C=O) groups is 1. The van der Waals surface area contributed by atoms with Crippen LogP contribution in [0, 0.1) is 0 Å². The molecule has 0 fully saturated rings. The average Bonchev–Trinajstić information content (AvgIpc) is 3.04. The van der Waals surface area contributed by atoms with E-state index in [9.17, 15) is 4.79 Å². The van der Waals surface area contributed by atoms with Crippen molar-refractivity contribution in [3.8, 4) is 22.6 Å². The third-order valence-electron chi connectivity index (χ3n) is 4.57. The van der Waals surface area contributed by atoms with Gasteiger partial charge in [0.15, 0.2) is 0 Å². The minimum atomic E-state index is -0.149. The van der Waals surface area contributed by atoms with Gasteiger partial charge in [-0.2, -0.15) is 0 Å². The highest BCUT2D eigenvalue weighted by atomic mass is 16.5. The molecule has 0 saturated heterocycles. The molecule has 140 valence electrons. The molecule has 0 spiro atoms. The van der Waals surface area contributed by atoms with Gasteiger partial charge in [0.1, 0.15) is 17.3 Å². The molecule has 1 amide bonds. The summed E-state index contributed by atoms with van der Waals surface area (Å²) < 4.78 is 11.2. The normalized spacial score (nSPS) is 13.9. The molecule has 3 aromatic rings. The monoisotopic (exact) mass is 372 g/mol. The number of methoxy groups -OCH3 is 1. The van der Waals surface area contributed by atoms with Crippen molar-refractivity contribution in [2.24, 2.45) is 0 Å². The van der Waals surface area contributed by atoms with E-state index in [1.807, 2.05) is 67.6 Å². The highest BCUT2D eigenvalue weighted by molar-refractivity contribution is 6.34. The van der Waals surface area contributed by atoms with Crippen molar-refractivity contribution in [3.05, 3.63) is 71.9 Å². The van der Waals surface area contributed by atoms with E-state index in [1.54, 1.807) is 13.3 Å². The fourth-order valence-electron chi connectivity index (χ4n) is 3.29. The second kappa shape index (κ2) is 7.56. The Morgan fingerprint density at radius 1 is 1.07 bits per heavy atom. The molecule has 28 heavy (non-hydrogen) atoms. The molecule has 1 aliphatic heterocycles. The van der Waals surface area contributed by atoms with Crippen molar-refractivity contribution in [3.63, 3.8) is 0 Å². The van der Waals surface area contributed by atoms with E-state index in [4.69, 9.17) is 9.47 Å². The van der Waals surface area contributed by atoms with Gasteiger partial charge in [0.2, 0.25) is 0 Å². The molecule has 0 bridgehead atoms. The topological polar surface area (TPSA) is 60.5 Å². The lowest BCUT2D eigenvalue weighted by atomic mass is 9.99. The van der Waals surface area contributed by atoms with Gasteiger partial charge in [-0.05, 0) is 60.5 Å². The third-order valence-corrected chi connectivity index (χ3v) is 4.57. The van der Waals surface area contributed by atoms with E-state index in [2.05, 4.69) is 10.3 Å². The molecule has 0 saturated carbocycles. The number of benzene rings is 2. The summed E-state index contributed by atoms with van der Waals surface area (Å²) >= 11 is 0. The first kappa shape index (κ1) is 17.8. The van der Waals surface area contributed by atoms with Gasteiger partial charge in [-0.25, -0.2) is 4.98 Å². The first-order valence-electron chi connectivity index (χ1n) is 9.09. The highest BCUT2D eigenvalue weighted by Crippen LogP contribution is 2.35. The Hall–Kier alpha value is -3.60. The van der Waals surface area contributed by atoms with Gasteiger partial charge in [-0.3, -0.25) is 4.79 Å². The van der Waals surface area contributed by atoms with E-state index < -0.39 is 0 Å². The molecular weight excluding hydrogens is 352 g/mol. The maximum atomic E-state index is 12.4. The second-order valence-electron chi connectivity index (χ2n) is 6.33. The maximum absolute atomic E-state index is 12.4. The van der Waals surface area contributed by atoms with E-state index in [1.165, 1.54) is 0 Å². The number of amides is 1. The van der Waals surface area contributed by atoms with Gasteiger partial charge in [-0.1, -0.05) is 18.2 Å². The first-order chi connectivity index (χ1) is 13.7. The molecule has 0 unspecified atom stereocenters. The standard InChI is InChI=1S/C23H20N2O3/c1-3-28-17-7-4-6-16(14-17)19-12-15(9-10-21(19)27-2)13-20-18-8-5-11-24-22(18)25-23(20)26/h4-14H,3H2,1-2H3,(H,24,25,26). The Bertz CT molecular complexity index is 1070. The number of aromatic nitrogens is 1. The number of fused-ring (bicyclic) bond motifs is 1. The summed E-state index contributed by atoms with van der Waals surface area (Å²) in [5, 5.41) is 2.80. The first-order valence-corrected chi connectivity index (χ1v) is 9.09. The number of hydrogen-bond donors (Lipinski definition) is 1. The number of hydrogen-bond acceptors (Lipinski definition) is 4. The van der Waals surface area contributed by atoms with Crippen LogP contribution in [-0.4, -0.2) is 24.6 Å². The predicted molar refractivity (Wildman–Crippen MR) is 110 cm³/mol. The Morgan fingerprint density at radius 3 is 2.79 bits per heavy atom. The molecule has 1 aliphatic rings. The summed E-state index contributed by atoms with van der Waals surface area (Å²) in [7, 11) is 1.65. The molecule has 1 N–H and O–H groups in total. The minimum absolute atomic E-state index is 0.149. The van der Waals surface area contributed by atoms with Crippen LogP contribution in [0.3, 0.4) is 0 Å². The molecule has 0 atom stereocenters. The van der Waals surface area contributed by atoms with Crippen LogP contribution < -0.4 is 14.8 Å². The zero-order valence-electron chi connectivity index (χ0n) is 15.7. The van der Waals surface area contributed by atoms with Crippen LogP contribution in [0.5, 0.6) is 11.5 Å². The number of carbonyl (C=O) groups excluding carboxylic acids is 1. The molecule has 5 heteroatoms. The zero-order chi connectivity index (χ0) is 19.5. The van der Waals surface area contributed by atoms with Crippen LogP contribution in [0.4, 0.5) is 5.82 Å². The summed E-state index contributed by atoms with van der Waals surface area (Å²) in [4.78, 5) is 16.6. The van der Waals surface area contributed by atoms with Crippen molar-refractivity contribution in [1.29, 1.82) is 0 Å². The van der Waals surface area contributed by atoms with Crippen LogP contribution in [0.25, 0.3) is 22.8 Å². The Balaban J connectivity index is 1.78. The van der Waals surface area contributed by atoms with E-state index >= 15 is 0 Å². The summed E-state index contributed by atoms with van der Waals surface area (Å²) in [6.45, 7) is 2.56. The molecular formula is C23H20N2O3. The van der Waals surface area contributed by atoms with Crippen molar-refractivity contribution >= 4 is 23.4 Å². The van der Waals surface area contributed by atoms with Crippen molar-refractivity contribution in [1.82, 2.24) is 4.98 Å². The van der Waals surface area contributed by atoms with Gasteiger partial charge in [0.05, 0.1) is 19.3 Å². The molecule has 2 heterocycles. The fourth-order valence-corrected chi connectivity index (χ4v) is 3.29. The second-order valence-corrected chi connectivity index (χ2v) is 6.33. The molecule has 1 aromatic heterocycles. The lowest BCUT2D eigenvalue weighted by Crippen LogP contribution is -2.04. The molecule has 2 aromatic carbocycles. The van der Waals surface area contributed by atoms with Crippen LogP contribution in [0.2, 0.25) is 0 Å². The van der Waals surface area contributed by atoms with E-state index in [-0.39, 0.29) is 5.91 Å². The Labute approximate surface area is 163 Å². The van der Waals surface area contributed by atoms with Crippen LogP contribution in [0.15, 0.2) is 60.8 Å². The molecule has 0 aliphatic carbocycles. The zero-order valence-corrected chi connectivity index (χ0v) is 15.7. The van der Waals surface area contributed by atoms with Gasteiger partial charge in [0.25, 0.3) is 5.91 Å². The van der Waals surface area contributed by atoms with Crippen LogP contribution >= 0.6 is 0 Å². The number of rotatable bonds is 5. The Kier molecular flexibility index (Phi) is 4.81. The third kappa shape index (κ3) is 3.34. The Morgan fingerprint density at radius 2 is 1.96 bits per heavy atom. The summed E-state index contributed by atoms with van der Waals surface area (Å²) in [5.41, 5.74) is 4.23. The summed E-state index contributed by atoms with van der Waals surface area (Å²) in [6.07, 6.45) is 3.54. The summed E-state index contributed by atoms with van der Waals surface area (Å²) in [5.74, 6) is 2.01. The van der Waals surface area contributed by atoms with Crippen molar-refractivity contribution in [2.45, 2.75) is 6.92 Å². The lowest BCUT2D eigenvalue weighted by molar-refractivity contribution is -0.110. The maximum Gasteiger partial charge on any atom is 0.257 e. The van der Waals surface area contributed by atoms with Gasteiger partial charge in [-0.15, -0.1) is 0 Å². The predicted octanol–water partition coefficient (Wildman–Crippen LogP) is 4.65. The number of ether oxygens (including phenoxy) is 2. The van der Waals surface area contributed by atoms with Crippen molar-refractivity contribution < 1.29 is 14.3 Å². The average molecular weight is 372 g/mol. The quantitative estimate of drug-likeness (QED) is 0.663. The molecule has 0 radical (unpaired) electrons. The van der Waals surface area contributed by atoms with E-state index in [0.29, 0.717) is 18.0 Å². The number of pyridine rings is 1. The molecule has 4 rings (SSSR count). The van der Waals surface area contributed by atoms with E-state index in [0.717, 1.165) is 33.8 Å². The number of nitrogens with zero attached hydrogens (tertiary/aromatic N) is 1. The SMILES string of the molecule is CCOc1cccc(-c2cc(C=C3C(=O)Nc4ncccc43)ccc2OC)c1. The van der Waals surface area contributed by atoms with Gasteiger partial charge >= 0.3 is 0 Å². The van der Waals surface area contributed by atoms with Gasteiger partial charge < -0.3 is 14.8 Å².